The largest absolute Gasteiger partial charge is 0.481 e. The second kappa shape index (κ2) is 9.62. The van der Waals surface area contributed by atoms with Crippen molar-refractivity contribution in [1.82, 2.24) is 15.5 Å². The highest BCUT2D eigenvalue weighted by molar-refractivity contribution is 9.10. The minimum atomic E-state index is -0.430. The fourth-order valence-electron chi connectivity index (χ4n) is 3.91. The molecule has 31 heavy (non-hydrogen) atoms. The van der Waals surface area contributed by atoms with E-state index in [1.807, 2.05) is 30.3 Å². The first-order valence-electron chi connectivity index (χ1n) is 10.3. The summed E-state index contributed by atoms with van der Waals surface area (Å²) in [5.41, 5.74) is 1.48. The van der Waals surface area contributed by atoms with E-state index >= 15 is 0 Å². The van der Waals surface area contributed by atoms with Gasteiger partial charge in [0.15, 0.2) is 12.4 Å². The number of piperidine rings is 1. The number of benzene rings is 2. The molecular weight excluding hydrogens is 462 g/mol. The van der Waals surface area contributed by atoms with Crippen LogP contribution >= 0.6 is 15.9 Å². The molecule has 162 valence electrons. The van der Waals surface area contributed by atoms with E-state index in [4.69, 9.17) is 19.0 Å². The lowest BCUT2D eigenvalue weighted by molar-refractivity contribution is -0.145. The van der Waals surface area contributed by atoms with Gasteiger partial charge in [-0.05, 0) is 56.6 Å². The molecule has 2 aromatic carbocycles. The number of hydrogen-bond acceptors (Lipinski definition) is 7. The van der Waals surface area contributed by atoms with Gasteiger partial charge in [-0.1, -0.05) is 51.4 Å². The lowest BCUT2D eigenvalue weighted by Gasteiger charge is -2.35. The number of rotatable bonds is 7. The van der Waals surface area contributed by atoms with Crippen molar-refractivity contribution in [1.29, 1.82) is 0 Å². The summed E-state index contributed by atoms with van der Waals surface area (Å²) < 4.78 is 17.2. The Labute approximate surface area is 189 Å². The van der Waals surface area contributed by atoms with E-state index in [0.717, 1.165) is 30.4 Å². The molecule has 7 nitrogen and oxygen atoms in total. The molecule has 1 fully saturated rings. The molecule has 1 aliphatic rings. The van der Waals surface area contributed by atoms with E-state index in [1.165, 1.54) is 5.56 Å². The molecule has 1 aliphatic heterocycles. The van der Waals surface area contributed by atoms with Gasteiger partial charge in [0.1, 0.15) is 5.75 Å². The van der Waals surface area contributed by atoms with Crippen LogP contribution in [-0.4, -0.2) is 42.4 Å². The van der Waals surface area contributed by atoms with Crippen LogP contribution in [0.4, 0.5) is 0 Å². The van der Waals surface area contributed by atoms with Crippen LogP contribution in [0.1, 0.15) is 31.2 Å². The van der Waals surface area contributed by atoms with E-state index in [2.05, 4.69) is 38.5 Å². The molecule has 1 saturated heterocycles. The van der Waals surface area contributed by atoms with Crippen LogP contribution in [-0.2, 0) is 14.9 Å². The van der Waals surface area contributed by atoms with Crippen molar-refractivity contribution in [2.75, 3.05) is 26.3 Å². The third-order valence-electron chi connectivity index (χ3n) is 5.46. The lowest BCUT2D eigenvalue weighted by atomic mass is 9.72. The maximum absolute atomic E-state index is 11.7. The Balaban J connectivity index is 1.68. The third kappa shape index (κ3) is 4.65. The monoisotopic (exact) mass is 485 g/mol. The number of aromatic nitrogens is 2. The Bertz CT molecular complexity index is 1030. The first-order chi connectivity index (χ1) is 15.1. The van der Waals surface area contributed by atoms with E-state index < -0.39 is 5.97 Å². The number of ether oxygens (including phenoxy) is 2. The van der Waals surface area contributed by atoms with Crippen LogP contribution in [0, 0.1) is 0 Å². The molecule has 3 aromatic rings. The molecule has 8 heteroatoms. The number of carbonyl (C=O) groups excluding carboxylic acids is 1. The standard InChI is InChI=1S/C23H24BrN3O4/c1-2-29-20(28)15-30-19-9-8-17(24)14-18(19)21-26-22(27-31-21)23(10-12-25-13-11-23)16-6-4-3-5-7-16/h3-9,14,25H,2,10-13,15H2,1H3. The minimum absolute atomic E-state index is 0.191. The van der Waals surface area contributed by atoms with Gasteiger partial charge in [0.05, 0.1) is 17.6 Å². The molecule has 0 aliphatic carbocycles. The Morgan fingerprint density at radius 1 is 1.19 bits per heavy atom. The van der Waals surface area contributed by atoms with Gasteiger partial charge in [-0.2, -0.15) is 4.98 Å². The third-order valence-corrected chi connectivity index (χ3v) is 5.95. The number of nitrogens with zero attached hydrogens (tertiary/aromatic N) is 2. The highest BCUT2D eigenvalue weighted by Gasteiger charge is 2.40. The van der Waals surface area contributed by atoms with Crippen LogP contribution in [0.3, 0.4) is 0 Å². The van der Waals surface area contributed by atoms with Gasteiger partial charge >= 0.3 is 5.97 Å². The van der Waals surface area contributed by atoms with Crippen LogP contribution in [0.15, 0.2) is 57.5 Å². The van der Waals surface area contributed by atoms with Crippen molar-refractivity contribution in [3.8, 4) is 17.2 Å². The molecule has 0 atom stereocenters. The van der Waals surface area contributed by atoms with Crippen molar-refractivity contribution in [3.05, 3.63) is 64.4 Å². The summed E-state index contributed by atoms with van der Waals surface area (Å²) >= 11 is 3.48. The van der Waals surface area contributed by atoms with Gasteiger partial charge in [-0.3, -0.25) is 0 Å². The maximum Gasteiger partial charge on any atom is 0.344 e. The van der Waals surface area contributed by atoms with Crippen molar-refractivity contribution < 1.29 is 18.8 Å². The van der Waals surface area contributed by atoms with Crippen molar-refractivity contribution in [2.45, 2.75) is 25.2 Å². The molecule has 2 heterocycles. The van der Waals surface area contributed by atoms with Crippen LogP contribution in [0.2, 0.25) is 0 Å². The Morgan fingerprint density at radius 2 is 1.97 bits per heavy atom. The van der Waals surface area contributed by atoms with Gasteiger partial charge in [-0.25, -0.2) is 4.79 Å². The molecule has 0 spiro atoms. The number of halogens is 1. The zero-order valence-corrected chi connectivity index (χ0v) is 18.9. The van der Waals surface area contributed by atoms with Crippen molar-refractivity contribution in [3.63, 3.8) is 0 Å². The van der Waals surface area contributed by atoms with Crippen LogP contribution < -0.4 is 10.1 Å². The van der Waals surface area contributed by atoms with Gasteiger partial charge < -0.3 is 19.3 Å². The Kier molecular flexibility index (Phi) is 6.67. The second-order valence-electron chi connectivity index (χ2n) is 7.36. The van der Waals surface area contributed by atoms with Crippen molar-refractivity contribution >= 4 is 21.9 Å². The molecule has 0 amide bonds. The summed E-state index contributed by atoms with van der Waals surface area (Å²) in [4.78, 5) is 16.5. The highest BCUT2D eigenvalue weighted by atomic mass is 79.9. The predicted octanol–water partition coefficient (Wildman–Crippen LogP) is 4.11. The lowest BCUT2D eigenvalue weighted by Crippen LogP contribution is -2.41. The van der Waals surface area contributed by atoms with Gasteiger partial charge in [0.2, 0.25) is 0 Å². The molecule has 1 aromatic heterocycles. The molecule has 1 N–H and O–H groups in total. The fourth-order valence-corrected chi connectivity index (χ4v) is 4.27. The second-order valence-corrected chi connectivity index (χ2v) is 8.27. The molecule has 0 bridgehead atoms. The van der Waals surface area contributed by atoms with Gasteiger partial charge in [0, 0.05) is 4.47 Å². The summed E-state index contributed by atoms with van der Waals surface area (Å²) in [6, 6.07) is 15.8. The number of nitrogens with one attached hydrogen (secondary N) is 1. The summed E-state index contributed by atoms with van der Waals surface area (Å²) in [7, 11) is 0. The minimum Gasteiger partial charge on any atom is -0.481 e. The predicted molar refractivity (Wildman–Crippen MR) is 119 cm³/mol. The zero-order valence-electron chi connectivity index (χ0n) is 17.3. The number of esters is 1. The summed E-state index contributed by atoms with van der Waals surface area (Å²) in [5, 5.41) is 7.80. The van der Waals surface area contributed by atoms with E-state index in [-0.39, 0.29) is 12.0 Å². The van der Waals surface area contributed by atoms with Gasteiger partial charge in [0.25, 0.3) is 5.89 Å². The summed E-state index contributed by atoms with van der Waals surface area (Å²) in [6.45, 7) is 3.63. The van der Waals surface area contributed by atoms with E-state index in [0.29, 0.717) is 29.6 Å². The maximum atomic E-state index is 11.7. The Hall–Kier alpha value is -2.71. The smallest absolute Gasteiger partial charge is 0.344 e. The van der Waals surface area contributed by atoms with E-state index in [9.17, 15) is 4.79 Å². The first-order valence-corrected chi connectivity index (χ1v) is 11.1. The average Bonchev–Trinajstić information content (AvgIpc) is 3.30. The number of hydrogen-bond donors (Lipinski definition) is 1. The first kappa shape index (κ1) is 21.5. The quantitative estimate of drug-likeness (QED) is 0.503. The summed E-state index contributed by atoms with van der Waals surface area (Å²) in [5.74, 6) is 1.06. The highest BCUT2D eigenvalue weighted by Crippen LogP contribution is 2.40. The summed E-state index contributed by atoms with van der Waals surface area (Å²) in [6.07, 6.45) is 1.75. The van der Waals surface area contributed by atoms with Crippen molar-refractivity contribution in [2.24, 2.45) is 0 Å². The van der Waals surface area contributed by atoms with Crippen LogP contribution in [0.5, 0.6) is 5.75 Å². The fraction of sp³-hybridized carbons (Fsp3) is 0.348. The zero-order chi connectivity index (χ0) is 21.7. The average molecular weight is 486 g/mol. The van der Waals surface area contributed by atoms with Crippen LogP contribution in [0.25, 0.3) is 11.5 Å². The number of carbonyl (C=O) groups is 1. The molecule has 4 rings (SSSR count). The molecule has 0 radical (unpaired) electrons. The molecule has 0 unspecified atom stereocenters. The topological polar surface area (TPSA) is 86.5 Å². The normalized spacial score (nSPS) is 15.4. The molecule has 0 saturated carbocycles. The molecular formula is C23H24BrN3O4. The SMILES string of the molecule is CCOC(=O)COc1ccc(Br)cc1-c1nc(C2(c3ccccc3)CCNCC2)no1. The van der Waals surface area contributed by atoms with Gasteiger partial charge in [-0.15, -0.1) is 0 Å². The Morgan fingerprint density at radius 3 is 2.71 bits per heavy atom. The van der Waals surface area contributed by atoms with E-state index in [1.54, 1.807) is 13.0 Å².